The first-order valence-corrected chi connectivity index (χ1v) is 18.4. The molecule has 0 aliphatic heterocycles. The summed E-state index contributed by atoms with van der Waals surface area (Å²) in [6.45, 7) is 2.10. The van der Waals surface area contributed by atoms with Crippen LogP contribution in [0.4, 0.5) is 0 Å². The number of methoxy groups -OCH3 is 3. The van der Waals surface area contributed by atoms with Crippen LogP contribution in [-0.2, 0) is 6.42 Å². The van der Waals surface area contributed by atoms with E-state index < -0.39 is 7.26 Å². The average molecular weight is 663 g/mol. The Labute approximate surface area is 268 Å². The van der Waals surface area contributed by atoms with Crippen LogP contribution in [0.1, 0.15) is 62.5 Å². The largest absolute Gasteiger partial charge is 0.492 e. The smallest absolute Gasteiger partial charge is 0.204 e. The van der Waals surface area contributed by atoms with E-state index in [-0.39, 0.29) is 0 Å². The Kier molecular flexibility index (Phi) is 13.0. The highest BCUT2D eigenvalue weighted by molar-refractivity contribution is 9.10. The quantitative estimate of drug-likeness (QED) is 0.0833. The molecule has 5 heteroatoms. The van der Waals surface area contributed by atoms with E-state index >= 15 is 0 Å². The van der Waals surface area contributed by atoms with Crippen LogP contribution in [0.25, 0.3) is 0 Å². The summed E-state index contributed by atoms with van der Waals surface area (Å²) in [5.41, 5.74) is 2.36. The molecule has 0 heterocycles. The minimum Gasteiger partial charge on any atom is -0.492 e. The van der Waals surface area contributed by atoms with Crippen molar-refractivity contribution in [3.05, 3.63) is 107 Å². The monoisotopic (exact) mass is 661 g/mol. The van der Waals surface area contributed by atoms with Crippen molar-refractivity contribution < 1.29 is 14.2 Å². The van der Waals surface area contributed by atoms with Gasteiger partial charge in [0.1, 0.15) is 23.2 Å². The Balaban J connectivity index is 1.29. The van der Waals surface area contributed by atoms with Crippen LogP contribution in [-0.4, -0.2) is 27.5 Å². The van der Waals surface area contributed by atoms with Gasteiger partial charge >= 0.3 is 0 Å². The van der Waals surface area contributed by atoms with Gasteiger partial charge in [-0.25, -0.2) is 0 Å². The highest BCUT2D eigenvalue weighted by atomic mass is 79.9. The zero-order chi connectivity index (χ0) is 30.5. The van der Waals surface area contributed by atoms with Gasteiger partial charge in [-0.1, -0.05) is 86.7 Å². The zero-order valence-corrected chi connectivity index (χ0v) is 28.8. The van der Waals surface area contributed by atoms with Crippen LogP contribution in [0.15, 0.2) is 95.5 Å². The van der Waals surface area contributed by atoms with E-state index in [0.717, 1.165) is 28.6 Å². The summed E-state index contributed by atoms with van der Waals surface area (Å²) in [5.74, 6) is 2.11. The fraction of sp³-hybridized carbons (Fsp3) is 0.368. The third-order valence-electron chi connectivity index (χ3n) is 8.54. The Bertz CT molecular complexity index is 1270. The number of rotatable bonds is 17. The van der Waals surface area contributed by atoms with Gasteiger partial charge in [-0.2, -0.15) is 0 Å². The predicted octanol–water partition coefficient (Wildman–Crippen LogP) is 9.44. The average Bonchev–Trinajstić information content (AvgIpc) is 3.06. The Morgan fingerprint density at radius 1 is 0.512 bits per heavy atom. The normalized spacial score (nSPS) is 11.4. The van der Waals surface area contributed by atoms with E-state index in [4.69, 9.17) is 14.2 Å². The standard InChI is InChI=1S/C38H47BrO3P/c1-30-34(35(39)37(41-3)38(42-4)36(30)40-2)28-20-9-7-5-6-8-10-21-29-43(31-22-14-11-15-23-31,32-24-16-12-17-25-32)33-26-18-13-19-27-33/h11-19,22-27H,5-10,20-21,28-29H2,1-4H3/q+1. The molecule has 0 aliphatic rings. The van der Waals surface area contributed by atoms with Crippen molar-refractivity contribution in [1.82, 2.24) is 0 Å². The van der Waals surface area contributed by atoms with Gasteiger partial charge in [0.2, 0.25) is 5.75 Å². The summed E-state index contributed by atoms with van der Waals surface area (Å²) in [6.07, 6.45) is 12.3. The summed E-state index contributed by atoms with van der Waals surface area (Å²) in [4.78, 5) is 0. The SMILES string of the molecule is COc1c(C)c(CCCCCCCCCC[P+](c2ccccc2)(c2ccccc2)c2ccccc2)c(Br)c(OC)c1OC. The van der Waals surface area contributed by atoms with Crippen LogP contribution < -0.4 is 30.1 Å². The Morgan fingerprint density at radius 3 is 1.33 bits per heavy atom. The molecule has 0 radical (unpaired) electrons. The van der Waals surface area contributed by atoms with Crippen molar-refractivity contribution in [2.75, 3.05) is 27.5 Å². The third kappa shape index (κ3) is 7.83. The zero-order valence-electron chi connectivity index (χ0n) is 26.3. The van der Waals surface area contributed by atoms with Crippen LogP contribution >= 0.6 is 23.2 Å². The second kappa shape index (κ2) is 16.9. The number of benzene rings is 4. The lowest BCUT2D eigenvalue weighted by atomic mass is 9.99. The summed E-state index contributed by atoms with van der Waals surface area (Å²) < 4.78 is 17.9. The summed E-state index contributed by atoms with van der Waals surface area (Å²) in [5, 5.41) is 4.46. The van der Waals surface area contributed by atoms with E-state index in [0.29, 0.717) is 11.5 Å². The molecule has 0 aliphatic carbocycles. The molecule has 0 atom stereocenters. The van der Waals surface area contributed by atoms with E-state index in [1.807, 2.05) is 0 Å². The number of hydrogen-bond acceptors (Lipinski definition) is 3. The lowest BCUT2D eigenvalue weighted by Gasteiger charge is -2.27. The van der Waals surface area contributed by atoms with Gasteiger partial charge < -0.3 is 14.2 Å². The molecule has 4 aromatic carbocycles. The first kappa shape index (κ1) is 33.1. The van der Waals surface area contributed by atoms with Crippen LogP contribution in [0.3, 0.4) is 0 Å². The van der Waals surface area contributed by atoms with Crippen LogP contribution in [0, 0.1) is 6.92 Å². The molecule has 3 nitrogen and oxygen atoms in total. The van der Waals surface area contributed by atoms with Crippen molar-refractivity contribution in [2.24, 2.45) is 0 Å². The van der Waals surface area contributed by atoms with Gasteiger partial charge in [-0.05, 0) is 96.1 Å². The summed E-state index contributed by atoms with van der Waals surface area (Å²) in [6, 6.07) is 33.8. The van der Waals surface area contributed by atoms with Gasteiger partial charge in [0.15, 0.2) is 11.5 Å². The third-order valence-corrected chi connectivity index (χ3v) is 13.9. The van der Waals surface area contributed by atoms with Gasteiger partial charge in [0, 0.05) is 0 Å². The minimum atomic E-state index is -1.71. The first-order chi connectivity index (χ1) is 21.1. The lowest BCUT2D eigenvalue weighted by molar-refractivity contribution is 0.321. The first-order valence-electron chi connectivity index (χ1n) is 15.6. The van der Waals surface area contributed by atoms with Crippen molar-refractivity contribution in [1.29, 1.82) is 0 Å². The molecule has 0 saturated carbocycles. The second-order valence-electron chi connectivity index (χ2n) is 11.1. The fourth-order valence-corrected chi connectivity index (χ4v) is 11.6. The molecule has 0 amide bonds. The van der Waals surface area contributed by atoms with Crippen molar-refractivity contribution in [2.45, 2.75) is 64.7 Å². The molecule has 4 rings (SSSR count). The second-order valence-corrected chi connectivity index (χ2v) is 15.5. The molecular weight excluding hydrogens is 615 g/mol. The lowest BCUT2D eigenvalue weighted by Crippen LogP contribution is -2.33. The topological polar surface area (TPSA) is 27.7 Å². The van der Waals surface area contributed by atoms with Gasteiger partial charge in [-0.15, -0.1) is 0 Å². The Morgan fingerprint density at radius 2 is 0.907 bits per heavy atom. The maximum Gasteiger partial charge on any atom is 0.204 e. The van der Waals surface area contributed by atoms with Gasteiger partial charge in [0.05, 0.1) is 32.0 Å². The molecule has 228 valence electrons. The highest BCUT2D eigenvalue weighted by Crippen LogP contribution is 2.56. The number of ether oxygens (including phenoxy) is 3. The molecule has 0 saturated heterocycles. The maximum absolute atomic E-state index is 5.67. The number of halogens is 1. The molecular formula is C38H47BrO3P+. The molecule has 43 heavy (non-hydrogen) atoms. The number of unbranched alkanes of at least 4 members (excludes halogenated alkanes) is 7. The molecule has 0 spiro atoms. The molecule has 4 aromatic rings. The highest BCUT2D eigenvalue weighted by Gasteiger charge is 2.44. The van der Waals surface area contributed by atoms with E-state index in [2.05, 4.69) is 114 Å². The molecule has 0 bridgehead atoms. The molecule has 0 unspecified atom stereocenters. The van der Waals surface area contributed by atoms with E-state index in [9.17, 15) is 0 Å². The Hall–Kier alpha value is -2.81. The molecule has 0 fully saturated rings. The van der Waals surface area contributed by atoms with Gasteiger partial charge in [0.25, 0.3) is 0 Å². The fourth-order valence-electron chi connectivity index (χ4n) is 6.32. The molecule has 0 N–H and O–H groups in total. The van der Waals surface area contributed by atoms with Crippen LogP contribution in [0.2, 0.25) is 0 Å². The van der Waals surface area contributed by atoms with Crippen LogP contribution in [0.5, 0.6) is 17.2 Å². The number of hydrogen-bond donors (Lipinski definition) is 0. The predicted molar refractivity (Wildman–Crippen MR) is 189 cm³/mol. The molecule has 0 aromatic heterocycles. The van der Waals surface area contributed by atoms with E-state index in [1.54, 1.807) is 21.3 Å². The maximum atomic E-state index is 5.67. The summed E-state index contributed by atoms with van der Waals surface area (Å²) >= 11 is 3.77. The van der Waals surface area contributed by atoms with Gasteiger partial charge in [-0.3, -0.25) is 0 Å². The minimum absolute atomic E-state index is 0.647. The van der Waals surface area contributed by atoms with Crippen molar-refractivity contribution >= 4 is 39.1 Å². The van der Waals surface area contributed by atoms with Crippen molar-refractivity contribution in [3.63, 3.8) is 0 Å². The van der Waals surface area contributed by atoms with Crippen molar-refractivity contribution in [3.8, 4) is 17.2 Å². The van der Waals surface area contributed by atoms with E-state index in [1.165, 1.54) is 72.6 Å². The summed E-state index contributed by atoms with van der Waals surface area (Å²) in [7, 11) is 3.31.